The number of carbonyl (C=O) groups is 3. The van der Waals surface area contributed by atoms with E-state index in [-0.39, 0.29) is 29.5 Å². The molecule has 32 heavy (non-hydrogen) atoms. The summed E-state index contributed by atoms with van der Waals surface area (Å²) in [6.07, 6.45) is 2.31. The Morgan fingerprint density at radius 3 is 2.41 bits per heavy atom. The molecule has 1 saturated heterocycles. The van der Waals surface area contributed by atoms with Gasteiger partial charge in [-0.2, -0.15) is 0 Å². The third-order valence-electron chi connectivity index (χ3n) is 6.22. The maximum absolute atomic E-state index is 12.9. The SMILES string of the molecule is CC(NC(=O)O)C(=O)N1CCC([C@@H](NC(=O)c2cc(C3CC3)on2)c2ccccc2)CC1. The summed E-state index contributed by atoms with van der Waals surface area (Å²) in [5.74, 6) is 0.771. The van der Waals surface area contributed by atoms with Crippen LogP contribution in [0, 0.1) is 5.92 Å². The topological polar surface area (TPSA) is 125 Å². The first-order valence-corrected chi connectivity index (χ1v) is 11.0. The first-order valence-electron chi connectivity index (χ1n) is 11.0. The lowest BCUT2D eigenvalue weighted by Crippen LogP contribution is -2.50. The lowest BCUT2D eigenvalue weighted by molar-refractivity contribution is -0.134. The van der Waals surface area contributed by atoms with Crippen LogP contribution in [0.15, 0.2) is 40.9 Å². The highest BCUT2D eigenvalue weighted by molar-refractivity contribution is 5.92. The van der Waals surface area contributed by atoms with E-state index in [1.807, 2.05) is 30.3 Å². The van der Waals surface area contributed by atoms with Crippen LogP contribution in [-0.2, 0) is 4.79 Å². The molecule has 2 aliphatic rings. The fourth-order valence-electron chi connectivity index (χ4n) is 4.28. The zero-order valence-corrected chi connectivity index (χ0v) is 18.0. The number of carboxylic acid groups (broad SMARTS) is 1. The average Bonchev–Trinajstić information content (AvgIpc) is 3.53. The summed E-state index contributed by atoms with van der Waals surface area (Å²) in [6.45, 7) is 2.55. The zero-order valence-electron chi connectivity index (χ0n) is 18.0. The van der Waals surface area contributed by atoms with E-state index in [1.54, 1.807) is 17.9 Å². The van der Waals surface area contributed by atoms with Crippen molar-refractivity contribution in [3.63, 3.8) is 0 Å². The normalized spacial score (nSPS) is 18.6. The highest BCUT2D eigenvalue weighted by Gasteiger charge is 2.33. The molecule has 2 fully saturated rings. The van der Waals surface area contributed by atoms with E-state index >= 15 is 0 Å². The summed E-state index contributed by atoms with van der Waals surface area (Å²) in [4.78, 5) is 38.0. The van der Waals surface area contributed by atoms with E-state index in [1.165, 1.54) is 0 Å². The van der Waals surface area contributed by atoms with Crippen molar-refractivity contribution in [3.8, 4) is 0 Å². The third-order valence-corrected chi connectivity index (χ3v) is 6.22. The molecule has 9 heteroatoms. The predicted octanol–water partition coefficient (Wildman–Crippen LogP) is 2.92. The molecule has 1 aliphatic heterocycles. The Hall–Kier alpha value is -3.36. The van der Waals surface area contributed by atoms with Gasteiger partial charge in [0.05, 0.1) is 6.04 Å². The Labute approximate surface area is 186 Å². The van der Waals surface area contributed by atoms with E-state index in [0.717, 1.165) is 24.2 Å². The maximum Gasteiger partial charge on any atom is 0.405 e. The maximum atomic E-state index is 12.9. The van der Waals surface area contributed by atoms with Gasteiger partial charge in [-0.1, -0.05) is 35.5 Å². The molecule has 2 heterocycles. The Morgan fingerprint density at radius 1 is 1.09 bits per heavy atom. The van der Waals surface area contributed by atoms with Crippen LogP contribution in [0.5, 0.6) is 0 Å². The van der Waals surface area contributed by atoms with Crippen LogP contribution in [0.1, 0.15) is 66.4 Å². The number of amides is 3. The molecule has 1 saturated carbocycles. The van der Waals surface area contributed by atoms with Crippen LogP contribution in [0.3, 0.4) is 0 Å². The number of likely N-dealkylation sites (tertiary alicyclic amines) is 1. The van der Waals surface area contributed by atoms with E-state index in [0.29, 0.717) is 31.8 Å². The molecular weight excluding hydrogens is 412 g/mol. The van der Waals surface area contributed by atoms with Crippen molar-refractivity contribution in [2.75, 3.05) is 13.1 Å². The fraction of sp³-hybridized carbons (Fsp3) is 0.478. The molecule has 170 valence electrons. The molecule has 9 nitrogen and oxygen atoms in total. The fourth-order valence-corrected chi connectivity index (χ4v) is 4.28. The van der Waals surface area contributed by atoms with Crippen molar-refractivity contribution in [3.05, 3.63) is 53.4 Å². The van der Waals surface area contributed by atoms with Crippen molar-refractivity contribution in [1.29, 1.82) is 0 Å². The number of hydrogen-bond acceptors (Lipinski definition) is 5. The van der Waals surface area contributed by atoms with Crippen LogP contribution >= 0.6 is 0 Å². The number of rotatable bonds is 7. The van der Waals surface area contributed by atoms with Crippen LogP contribution < -0.4 is 10.6 Å². The van der Waals surface area contributed by atoms with Crippen molar-refractivity contribution in [2.45, 2.75) is 50.6 Å². The van der Waals surface area contributed by atoms with Crippen LogP contribution in [0.2, 0.25) is 0 Å². The Bertz CT molecular complexity index is 964. The number of nitrogens with zero attached hydrogens (tertiary/aromatic N) is 2. The Kier molecular flexibility index (Phi) is 6.43. The van der Waals surface area contributed by atoms with Crippen LogP contribution in [0.25, 0.3) is 0 Å². The highest BCUT2D eigenvalue weighted by Crippen LogP contribution is 2.40. The average molecular weight is 441 g/mol. The molecule has 0 spiro atoms. The first-order chi connectivity index (χ1) is 15.4. The van der Waals surface area contributed by atoms with Crippen molar-refractivity contribution in [2.24, 2.45) is 5.92 Å². The molecule has 1 aromatic heterocycles. The summed E-state index contributed by atoms with van der Waals surface area (Å²) in [7, 11) is 0. The van der Waals surface area contributed by atoms with E-state index in [2.05, 4.69) is 15.8 Å². The number of carbonyl (C=O) groups excluding carboxylic acids is 2. The van der Waals surface area contributed by atoms with Gasteiger partial charge in [-0.25, -0.2) is 4.79 Å². The molecule has 3 N–H and O–H groups in total. The van der Waals surface area contributed by atoms with Crippen LogP contribution in [0.4, 0.5) is 4.79 Å². The van der Waals surface area contributed by atoms with E-state index in [4.69, 9.17) is 9.63 Å². The second-order valence-electron chi connectivity index (χ2n) is 8.58. The minimum Gasteiger partial charge on any atom is -0.465 e. The van der Waals surface area contributed by atoms with Gasteiger partial charge in [0.1, 0.15) is 11.8 Å². The smallest absolute Gasteiger partial charge is 0.405 e. The van der Waals surface area contributed by atoms with E-state index < -0.39 is 12.1 Å². The second-order valence-corrected chi connectivity index (χ2v) is 8.58. The van der Waals surface area contributed by atoms with E-state index in [9.17, 15) is 14.4 Å². The summed E-state index contributed by atoms with van der Waals surface area (Å²) < 4.78 is 5.33. The molecule has 4 rings (SSSR count). The number of hydrogen-bond donors (Lipinski definition) is 3. The lowest BCUT2D eigenvalue weighted by Gasteiger charge is -2.37. The lowest BCUT2D eigenvalue weighted by atomic mass is 9.85. The van der Waals surface area contributed by atoms with Crippen LogP contribution in [-0.4, -0.2) is 52.2 Å². The van der Waals surface area contributed by atoms with Crippen molar-refractivity contribution in [1.82, 2.24) is 20.7 Å². The van der Waals surface area contributed by atoms with Gasteiger partial charge in [0, 0.05) is 25.1 Å². The van der Waals surface area contributed by atoms with Gasteiger partial charge in [0.25, 0.3) is 5.91 Å². The van der Waals surface area contributed by atoms with Gasteiger partial charge in [0.15, 0.2) is 5.69 Å². The van der Waals surface area contributed by atoms with Crippen molar-refractivity contribution < 1.29 is 24.0 Å². The Morgan fingerprint density at radius 2 is 1.78 bits per heavy atom. The minimum atomic E-state index is -1.22. The molecule has 2 aromatic rings. The van der Waals surface area contributed by atoms with Gasteiger partial charge in [0.2, 0.25) is 5.91 Å². The largest absolute Gasteiger partial charge is 0.465 e. The number of nitrogens with one attached hydrogen (secondary N) is 2. The number of aromatic nitrogens is 1. The summed E-state index contributed by atoms with van der Waals surface area (Å²) >= 11 is 0. The molecule has 0 radical (unpaired) electrons. The van der Waals surface area contributed by atoms with Gasteiger partial charge >= 0.3 is 6.09 Å². The molecule has 1 unspecified atom stereocenters. The highest BCUT2D eigenvalue weighted by atomic mass is 16.5. The minimum absolute atomic E-state index is 0.128. The molecule has 2 atom stereocenters. The third kappa shape index (κ3) is 5.09. The molecule has 0 bridgehead atoms. The second kappa shape index (κ2) is 9.42. The molecule has 3 amide bonds. The van der Waals surface area contributed by atoms with Gasteiger partial charge in [-0.05, 0) is 44.1 Å². The molecule has 1 aliphatic carbocycles. The van der Waals surface area contributed by atoms with Gasteiger partial charge in [-0.3, -0.25) is 9.59 Å². The monoisotopic (exact) mass is 440 g/mol. The zero-order chi connectivity index (χ0) is 22.7. The number of benzene rings is 1. The number of piperidine rings is 1. The Balaban J connectivity index is 1.43. The first kappa shape index (κ1) is 21.9. The molecular formula is C23H28N4O5. The summed E-state index contributed by atoms with van der Waals surface area (Å²) in [5, 5.41) is 18.1. The molecule has 1 aromatic carbocycles. The summed E-state index contributed by atoms with van der Waals surface area (Å²) in [6, 6.07) is 10.5. The standard InChI is InChI=1S/C23H28N4O5/c1-14(24-23(30)31)22(29)27-11-9-17(10-12-27)20(16-5-3-2-4-6-16)25-21(28)18-13-19(32-26-18)15-7-8-15/h2-6,13-15,17,20,24H,7-12H2,1H3,(H,25,28)(H,30,31)/t14?,20-/m0/s1. The summed E-state index contributed by atoms with van der Waals surface area (Å²) in [5.41, 5.74) is 1.28. The van der Waals surface area contributed by atoms with Crippen molar-refractivity contribution >= 4 is 17.9 Å². The predicted molar refractivity (Wildman–Crippen MR) is 115 cm³/mol. The quantitative estimate of drug-likeness (QED) is 0.608. The van der Waals surface area contributed by atoms with Gasteiger partial charge in [-0.15, -0.1) is 0 Å². The van der Waals surface area contributed by atoms with Gasteiger partial charge < -0.3 is 25.2 Å².